The smallest absolute Gasteiger partial charge is 0.319 e. The highest BCUT2D eigenvalue weighted by molar-refractivity contribution is 5.71. The molecular formula is C12H20N2O2. The van der Waals surface area contributed by atoms with Crippen LogP contribution in [0, 0.1) is 11.3 Å². The van der Waals surface area contributed by atoms with Crippen molar-refractivity contribution in [2.24, 2.45) is 0 Å². The molecule has 0 aromatic carbocycles. The number of methoxy groups -OCH3 is 1. The summed E-state index contributed by atoms with van der Waals surface area (Å²) in [5, 5.41) is 8.73. The van der Waals surface area contributed by atoms with Gasteiger partial charge in [0.1, 0.15) is 0 Å². The maximum atomic E-state index is 11.3. The van der Waals surface area contributed by atoms with Crippen molar-refractivity contribution in [3.8, 4) is 6.07 Å². The van der Waals surface area contributed by atoms with Crippen LogP contribution in [0.5, 0.6) is 0 Å². The molecule has 0 aromatic rings. The molecule has 4 heteroatoms. The van der Waals surface area contributed by atoms with Gasteiger partial charge < -0.3 is 4.74 Å². The molecule has 16 heavy (non-hydrogen) atoms. The molecule has 0 radical (unpaired) electrons. The van der Waals surface area contributed by atoms with E-state index >= 15 is 0 Å². The summed E-state index contributed by atoms with van der Waals surface area (Å²) < 4.78 is 4.71. The lowest BCUT2D eigenvalue weighted by Gasteiger charge is -2.32. The highest BCUT2D eigenvalue weighted by Crippen LogP contribution is 2.25. The molecule has 0 N–H and O–H groups in total. The molecule has 1 saturated carbocycles. The fourth-order valence-electron chi connectivity index (χ4n) is 2.34. The largest absolute Gasteiger partial charge is 0.468 e. The summed E-state index contributed by atoms with van der Waals surface area (Å²) >= 11 is 0. The minimum Gasteiger partial charge on any atom is -0.468 e. The summed E-state index contributed by atoms with van der Waals surface area (Å²) in [7, 11) is 1.41. The number of carbonyl (C=O) groups excluding carboxylic acids is 1. The average Bonchev–Trinajstić information content (AvgIpc) is 2.78. The molecule has 90 valence electrons. The summed E-state index contributed by atoms with van der Waals surface area (Å²) in [4.78, 5) is 13.5. The van der Waals surface area contributed by atoms with Crippen molar-refractivity contribution in [1.29, 1.82) is 5.26 Å². The molecule has 1 fully saturated rings. The minimum absolute atomic E-state index is 0.132. The molecule has 1 rings (SSSR count). The highest BCUT2D eigenvalue weighted by Gasteiger charge is 2.28. The number of nitrogens with zero attached hydrogens (tertiary/aromatic N) is 2. The van der Waals surface area contributed by atoms with E-state index in [-0.39, 0.29) is 12.0 Å². The van der Waals surface area contributed by atoms with Crippen LogP contribution in [0.25, 0.3) is 0 Å². The van der Waals surface area contributed by atoms with Crippen LogP contribution < -0.4 is 0 Å². The molecule has 0 amide bonds. The van der Waals surface area contributed by atoms with Crippen molar-refractivity contribution in [2.75, 3.05) is 13.7 Å². The van der Waals surface area contributed by atoms with E-state index < -0.39 is 0 Å². The van der Waals surface area contributed by atoms with Crippen LogP contribution in [0.1, 0.15) is 39.0 Å². The molecule has 0 bridgehead atoms. The van der Waals surface area contributed by atoms with E-state index in [1.165, 1.54) is 20.0 Å². The Morgan fingerprint density at radius 1 is 1.56 bits per heavy atom. The number of hydrogen-bond acceptors (Lipinski definition) is 4. The fraction of sp³-hybridized carbons (Fsp3) is 0.833. The van der Waals surface area contributed by atoms with E-state index in [2.05, 4.69) is 11.0 Å². The van der Waals surface area contributed by atoms with E-state index in [9.17, 15) is 4.79 Å². The number of hydrogen-bond donors (Lipinski definition) is 0. The Bertz CT molecular complexity index is 267. The van der Waals surface area contributed by atoms with E-state index in [1.54, 1.807) is 0 Å². The van der Waals surface area contributed by atoms with Crippen LogP contribution in [-0.2, 0) is 9.53 Å². The standard InChI is InChI=1S/C12H20N2O2/c1-10(7-8-13)14(9-12(15)16-2)11-5-3-4-6-11/h10-11H,3-7,9H2,1-2H3. The van der Waals surface area contributed by atoms with Crippen molar-refractivity contribution in [2.45, 2.75) is 51.1 Å². The summed E-state index contributed by atoms with van der Waals surface area (Å²) in [5.74, 6) is -0.211. The molecule has 1 aliphatic carbocycles. The zero-order chi connectivity index (χ0) is 12.0. The van der Waals surface area contributed by atoms with Crippen LogP contribution in [0.4, 0.5) is 0 Å². The Balaban J connectivity index is 2.60. The highest BCUT2D eigenvalue weighted by atomic mass is 16.5. The molecular weight excluding hydrogens is 204 g/mol. The number of esters is 1. The first-order chi connectivity index (χ1) is 7.69. The second kappa shape index (κ2) is 6.49. The van der Waals surface area contributed by atoms with Gasteiger partial charge in [-0.15, -0.1) is 0 Å². The van der Waals surface area contributed by atoms with Gasteiger partial charge in [-0.25, -0.2) is 0 Å². The predicted molar refractivity (Wildman–Crippen MR) is 60.7 cm³/mol. The minimum atomic E-state index is -0.211. The van der Waals surface area contributed by atoms with Gasteiger partial charge in [-0.3, -0.25) is 9.69 Å². The zero-order valence-corrected chi connectivity index (χ0v) is 10.1. The van der Waals surface area contributed by atoms with Crippen LogP contribution in [-0.4, -0.2) is 36.6 Å². The lowest BCUT2D eigenvalue weighted by Crippen LogP contribution is -2.43. The first kappa shape index (κ1) is 13.0. The van der Waals surface area contributed by atoms with Crippen molar-refractivity contribution < 1.29 is 9.53 Å². The summed E-state index contributed by atoms with van der Waals surface area (Å²) in [6.07, 6.45) is 5.18. The van der Waals surface area contributed by atoms with Crippen molar-refractivity contribution in [3.05, 3.63) is 0 Å². The van der Waals surface area contributed by atoms with E-state index in [4.69, 9.17) is 10.00 Å². The van der Waals surface area contributed by atoms with Crippen LogP contribution in [0.3, 0.4) is 0 Å². The van der Waals surface area contributed by atoms with Gasteiger partial charge in [0.2, 0.25) is 0 Å². The molecule has 0 saturated heterocycles. The summed E-state index contributed by atoms with van der Waals surface area (Å²) in [6, 6.07) is 2.75. The topological polar surface area (TPSA) is 53.3 Å². The van der Waals surface area contributed by atoms with E-state index in [1.807, 2.05) is 6.92 Å². The van der Waals surface area contributed by atoms with Crippen molar-refractivity contribution in [1.82, 2.24) is 4.90 Å². The van der Waals surface area contributed by atoms with Crippen molar-refractivity contribution >= 4 is 5.97 Å². The fourth-order valence-corrected chi connectivity index (χ4v) is 2.34. The van der Waals surface area contributed by atoms with Gasteiger partial charge in [-0.2, -0.15) is 5.26 Å². The van der Waals surface area contributed by atoms with Gasteiger partial charge in [-0.05, 0) is 19.8 Å². The number of rotatable bonds is 5. The molecule has 0 aliphatic heterocycles. The van der Waals surface area contributed by atoms with Gasteiger partial charge in [0.05, 0.1) is 26.1 Å². The SMILES string of the molecule is COC(=O)CN(C(C)CC#N)C1CCCC1. The Labute approximate surface area is 97.2 Å². The molecule has 1 unspecified atom stereocenters. The molecule has 0 heterocycles. The van der Waals surface area contributed by atoms with Crippen LogP contribution >= 0.6 is 0 Å². The summed E-state index contributed by atoms with van der Waals surface area (Å²) in [6.45, 7) is 2.31. The van der Waals surface area contributed by atoms with Gasteiger partial charge in [0.15, 0.2) is 0 Å². The second-order valence-corrected chi connectivity index (χ2v) is 4.40. The monoisotopic (exact) mass is 224 g/mol. The van der Waals surface area contributed by atoms with Crippen LogP contribution in [0.15, 0.2) is 0 Å². The van der Waals surface area contributed by atoms with Gasteiger partial charge in [-0.1, -0.05) is 12.8 Å². The first-order valence-corrected chi connectivity index (χ1v) is 5.88. The zero-order valence-electron chi connectivity index (χ0n) is 10.1. The molecule has 1 atom stereocenters. The molecule has 4 nitrogen and oxygen atoms in total. The number of nitriles is 1. The summed E-state index contributed by atoms with van der Waals surface area (Å²) in [5.41, 5.74) is 0. The molecule has 0 spiro atoms. The van der Waals surface area contributed by atoms with Crippen molar-refractivity contribution in [3.63, 3.8) is 0 Å². The maximum absolute atomic E-state index is 11.3. The van der Waals surface area contributed by atoms with E-state index in [0.29, 0.717) is 19.0 Å². The third-order valence-electron chi connectivity index (χ3n) is 3.29. The van der Waals surface area contributed by atoms with Gasteiger partial charge in [0.25, 0.3) is 0 Å². The second-order valence-electron chi connectivity index (χ2n) is 4.40. The Kier molecular flexibility index (Phi) is 5.27. The molecule has 1 aliphatic rings. The maximum Gasteiger partial charge on any atom is 0.319 e. The number of ether oxygens (including phenoxy) is 1. The quantitative estimate of drug-likeness (QED) is 0.667. The van der Waals surface area contributed by atoms with E-state index in [0.717, 1.165) is 12.8 Å². The first-order valence-electron chi connectivity index (χ1n) is 5.88. The lowest BCUT2D eigenvalue weighted by molar-refractivity contribution is -0.143. The lowest BCUT2D eigenvalue weighted by atomic mass is 10.1. The number of carbonyl (C=O) groups is 1. The van der Waals surface area contributed by atoms with Gasteiger partial charge in [0, 0.05) is 12.1 Å². The molecule has 0 aromatic heterocycles. The third kappa shape index (κ3) is 3.49. The Morgan fingerprint density at radius 3 is 2.69 bits per heavy atom. The van der Waals surface area contributed by atoms with Crippen LogP contribution in [0.2, 0.25) is 0 Å². The Hall–Kier alpha value is -1.08. The van der Waals surface area contributed by atoms with Gasteiger partial charge >= 0.3 is 5.97 Å². The normalized spacial score (nSPS) is 18.4. The third-order valence-corrected chi connectivity index (χ3v) is 3.29. The Morgan fingerprint density at radius 2 is 2.19 bits per heavy atom. The predicted octanol–water partition coefficient (Wildman–Crippen LogP) is 1.71. The average molecular weight is 224 g/mol.